The van der Waals surface area contributed by atoms with E-state index in [1.807, 2.05) is 0 Å². The summed E-state index contributed by atoms with van der Waals surface area (Å²) in [6, 6.07) is 3.60. The van der Waals surface area contributed by atoms with Crippen molar-refractivity contribution in [1.29, 1.82) is 0 Å². The molecule has 1 aromatic rings. The Morgan fingerprint density at radius 2 is 2.33 bits per heavy atom. The number of carboxylic acids is 1. The van der Waals surface area contributed by atoms with E-state index in [9.17, 15) is 9.90 Å². The first-order chi connectivity index (χ1) is 7.04. The van der Waals surface area contributed by atoms with E-state index in [1.54, 1.807) is 18.3 Å². The number of carboxylic acid groups (broad SMARTS) is 1. The van der Waals surface area contributed by atoms with Gasteiger partial charge in [-0.25, -0.2) is 4.98 Å². The molecular formula is C11H12BrNO2. The maximum atomic E-state index is 11.3. The zero-order chi connectivity index (χ0) is 11.1. The van der Waals surface area contributed by atoms with Crippen LogP contribution in [0.25, 0.3) is 0 Å². The van der Waals surface area contributed by atoms with Crippen LogP contribution in [0.1, 0.15) is 25.3 Å². The van der Waals surface area contributed by atoms with Gasteiger partial charge in [0.25, 0.3) is 0 Å². The standard InChI is InChI=1S/C11H12BrNO2/c1-7-5-11(6-7,10(14)15)8-2-3-13-9(12)4-8/h2-4,7H,5-6H2,1H3,(H,14,15). The number of rotatable bonds is 2. The van der Waals surface area contributed by atoms with Gasteiger partial charge < -0.3 is 5.11 Å². The average molecular weight is 270 g/mol. The fourth-order valence-corrected chi connectivity index (χ4v) is 2.73. The molecule has 1 N–H and O–H groups in total. The third kappa shape index (κ3) is 1.67. The lowest BCUT2D eigenvalue weighted by molar-refractivity contribution is -0.149. The molecule has 0 saturated heterocycles. The van der Waals surface area contributed by atoms with E-state index < -0.39 is 11.4 Å². The largest absolute Gasteiger partial charge is 0.481 e. The third-order valence-electron chi connectivity index (χ3n) is 3.08. The Labute approximate surface area is 96.7 Å². The summed E-state index contributed by atoms with van der Waals surface area (Å²) in [6.07, 6.45) is 3.09. The summed E-state index contributed by atoms with van der Waals surface area (Å²) in [6.45, 7) is 2.08. The van der Waals surface area contributed by atoms with Crippen molar-refractivity contribution in [2.45, 2.75) is 25.2 Å². The maximum absolute atomic E-state index is 11.3. The van der Waals surface area contributed by atoms with Crippen LogP contribution in [0.15, 0.2) is 22.9 Å². The van der Waals surface area contributed by atoms with Gasteiger partial charge in [0.1, 0.15) is 4.60 Å². The number of halogens is 1. The summed E-state index contributed by atoms with van der Waals surface area (Å²) in [5.41, 5.74) is 0.181. The molecule has 0 amide bonds. The van der Waals surface area contributed by atoms with Crippen molar-refractivity contribution in [1.82, 2.24) is 4.98 Å². The number of aromatic nitrogens is 1. The monoisotopic (exact) mass is 269 g/mol. The molecule has 0 aliphatic heterocycles. The highest BCUT2D eigenvalue weighted by Crippen LogP contribution is 2.48. The Morgan fingerprint density at radius 3 is 2.80 bits per heavy atom. The van der Waals surface area contributed by atoms with Crippen LogP contribution < -0.4 is 0 Å². The van der Waals surface area contributed by atoms with Crippen molar-refractivity contribution in [3.05, 3.63) is 28.5 Å². The van der Waals surface area contributed by atoms with E-state index in [-0.39, 0.29) is 0 Å². The minimum Gasteiger partial charge on any atom is -0.481 e. The van der Waals surface area contributed by atoms with E-state index in [1.165, 1.54) is 0 Å². The van der Waals surface area contributed by atoms with Gasteiger partial charge in [0.05, 0.1) is 5.41 Å². The van der Waals surface area contributed by atoms with Crippen molar-refractivity contribution >= 4 is 21.9 Å². The molecule has 1 aliphatic rings. The lowest BCUT2D eigenvalue weighted by atomic mass is 9.59. The quantitative estimate of drug-likeness (QED) is 0.840. The fraction of sp³-hybridized carbons (Fsp3) is 0.455. The molecule has 0 radical (unpaired) electrons. The summed E-state index contributed by atoms with van der Waals surface area (Å²) in [5, 5.41) is 9.31. The Bertz CT molecular complexity index is 399. The minimum atomic E-state index is -0.723. The van der Waals surface area contributed by atoms with Crippen LogP contribution in [-0.4, -0.2) is 16.1 Å². The second-order valence-corrected chi connectivity index (χ2v) is 5.08. The van der Waals surface area contributed by atoms with Crippen molar-refractivity contribution in [3.8, 4) is 0 Å². The lowest BCUT2D eigenvalue weighted by Gasteiger charge is -2.43. The summed E-state index contributed by atoms with van der Waals surface area (Å²) in [5.74, 6) is -0.230. The van der Waals surface area contributed by atoms with Gasteiger partial charge in [0.15, 0.2) is 0 Å². The van der Waals surface area contributed by atoms with Crippen LogP contribution in [0.5, 0.6) is 0 Å². The molecule has 80 valence electrons. The molecular weight excluding hydrogens is 258 g/mol. The molecule has 2 rings (SSSR count). The zero-order valence-corrected chi connectivity index (χ0v) is 9.99. The Morgan fingerprint density at radius 1 is 1.67 bits per heavy atom. The molecule has 1 aliphatic carbocycles. The van der Waals surface area contributed by atoms with Gasteiger partial charge in [-0.1, -0.05) is 6.92 Å². The SMILES string of the molecule is CC1CC(C(=O)O)(c2ccnc(Br)c2)C1. The van der Waals surface area contributed by atoms with Gasteiger partial charge in [-0.05, 0) is 52.4 Å². The number of hydrogen-bond acceptors (Lipinski definition) is 2. The fourth-order valence-electron chi connectivity index (χ4n) is 2.36. The molecule has 1 aromatic heterocycles. The zero-order valence-electron chi connectivity index (χ0n) is 8.40. The van der Waals surface area contributed by atoms with Crippen molar-refractivity contribution in [2.24, 2.45) is 5.92 Å². The van der Waals surface area contributed by atoms with Crippen molar-refractivity contribution in [3.63, 3.8) is 0 Å². The van der Waals surface area contributed by atoms with Crippen LogP contribution in [-0.2, 0) is 10.2 Å². The predicted molar refractivity (Wildman–Crippen MR) is 59.6 cm³/mol. The highest BCUT2D eigenvalue weighted by atomic mass is 79.9. The molecule has 15 heavy (non-hydrogen) atoms. The van der Waals surface area contributed by atoms with Crippen LogP contribution in [0.2, 0.25) is 0 Å². The smallest absolute Gasteiger partial charge is 0.314 e. The number of nitrogens with zero attached hydrogens (tertiary/aromatic N) is 1. The molecule has 0 aromatic carbocycles. The Kier molecular flexibility index (Phi) is 2.54. The first-order valence-corrected chi connectivity index (χ1v) is 5.69. The Balaban J connectivity index is 2.39. The highest BCUT2D eigenvalue weighted by molar-refractivity contribution is 9.10. The molecule has 1 fully saturated rings. The van der Waals surface area contributed by atoms with Gasteiger partial charge in [-0.15, -0.1) is 0 Å². The average Bonchev–Trinajstić information content (AvgIpc) is 2.12. The molecule has 0 unspecified atom stereocenters. The number of pyridine rings is 1. The number of aliphatic carboxylic acids is 1. The summed E-state index contributed by atoms with van der Waals surface area (Å²) in [7, 11) is 0. The summed E-state index contributed by atoms with van der Waals surface area (Å²) in [4.78, 5) is 15.3. The first-order valence-electron chi connectivity index (χ1n) is 4.90. The molecule has 0 bridgehead atoms. The second kappa shape index (κ2) is 3.59. The molecule has 0 atom stereocenters. The molecule has 1 saturated carbocycles. The Hall–Kier alpha value is -0.900. The van der Waals surface area contributed by atoms with E-state index in [0.717, 1.165) is 18.4 Å². The molecule has 1 heterocycles. The topological polar surface area (TPSA) is 50.2 Å². The van der Waals surface area contributed by atoms with Gasteiger partial charge in [0, 0.05) is 6.20 Å². The van der Waals surface area contributed by atoms with Gasteiger partial charge in [-0.2, -0.15) is 0 Å². The minimum absolute atomic E-state index is 0.494. The van der Waals surface area contributed by atoms with Gasteiger partial charge in [0.2, 0.25) is 0 Å². The van der Waals surface area contributed by atoms with Crippen LogP contribution >= 0.6 is 15.9 Å². The third-order valence-corrected chi connectivity index (χ3v) is 3.52. The van der Waals surface area contributed by atoms with Crippen molar-refractivity contribution in [2.75, 3.05) is 0 Å². The second-order valence-electron chi connectivity index (χ2n) is 4.27. The van der Waals surface area contributed by atoms with E-state index >= 15 is 0 Å². The normalized spacial score (nSPS) is 29.6. The highest BCUT2D eigenvalue weighted by Gasteiger charge is 2.49. The molecule has 3 nitrogen and oxygen atoms in total. The van der Waals surface area contributed by atoms with E-state index in [4.69, 9.17) is 0 Å². The number of carbonyl (C=O) groups is 1. The van der Waals surface area contributed by atoms with E-state index in [0.29, 0.717) is 10.5 Å². The van der Waals surface area contributed by atoms with Gasteiger partial charge >= 0.3 is 5.97 Å². The summed E-state index contributed by atoms with van der Waals surface area (Å²) < 4.78 is 0.695. The molecule has 4 heteroatoms. The van der Waals surface area contributed by atoms with Crippen LogP contribution in [0.4, 0.5) is 0 Å². The van der Waals surface area contributed by atoms with Crippen molar-refractivity contribution < 1.29 is 9.90 Å². The maximum Gasteiger partial charge on any atom is 0.314 e. The van der Waals surface area contributed by atoms with E-state index in [2.05, 4.69) is 27.8 Å². The molecule has 0 spiro atoms. The number of hydrogen-bond donors (Lipinski definition) is 1. The first kappa shape index (κ1) is 10.6. The van der Waals surface area contributed by atoms with Crippen LogP contribution in [0, 0.1) is 5.92 Å². The lowest BCUT2D eigenvalue weighted by Crippen LogP contribution is -2.46. The predicted octanol–water partition coefficient (Wildman–Crippen LogP) is 2.60. The van der Waals surface area contributed by atoms with Gasteiger partial charge in [-0.3, -0.25) is 4.79 Å². The van der Waals surface area contributed by atoms with Crippen LogP contribution in [0.3, 0.4) is 0 Å². The summed E-state index contributed by atoms with van der Waals surface area (Å²) >= 11 is 3.27.